The number of methoxy groups -OCH3 is 1. The average Bonchev–Trinajstić information content (AvgIpc) is 2.46. The molecule has 1 aromatic carbocycles. The number of fused-ring (bicyclic) bond motifs is 1. The number of ether oxygens (including phenoxy) is 2. The number of rotatable bonds is 7. The minimum atomic E-state index is -0.318. The monoisotopic (exact) mass is 308 g/mol. The Morgan fingerprint density at radius 3 is 2.76 bits per heavy atom. The molecule has 2 nitrogen and oxygen atoms in total. The fourth-order valence-corrected chi connectivity index (χ4v) is 3.04. The third kappa shape index (κ3) is 3.94. The van der Waals surface area contributed by atoms with Crippen molar-refractivity contribution in [2.45, 2.75) is 51.6 Å². The van der Waals surface area contributed by atoms with E-state index in [9.17, 15) is 0 Å². The van der Waals surface area contributed by atoms with E-state index in [4.69, 9.17) is 21.1 Å². The molecule has 2 rings (SSSR count). The molecule has 0 saturated carbocycles. The van der Waals surface area contributed by atoms with Gasteiger partial charge in [0.1, 0.15) is 17.1 Å². The van der Waals surface area contributed by atoms with Crippen molar-refractivity contribution in [2.75, 3.05) is 13.0 Å². The van der Waals surface area contributed by atoms with Crippen LogP contribution in [0, 0.1) is 0 Å². The summed E-state index contributed by atoms with van der Waals surface area (Å²) in [6.45, 7) is 4.30. The van der Waals surface area contributed by atoms with E-state index in [2.05, 4.69) is 38.1 Å². The predicted molar refractivity (Wildman–Crippen MR) is 89.6 cm³/mol. The Kier molecular flexibility index (Phi) is 5.58. The molecule has 0 N–H and O–H groups in total. The summed E-state index contributed by atoms with van der Waals surface area (Å²) < 4.78 is 11.7. The Hall–Kier alpha value is -1.15. The molecule has 0 saturated heterocycles. The molecule has 3 heteroatoms. The lowest BCUT2D eigenvalue weighted by Gasteiger charge is -2.32. The molecule has 0 fully saturated rings. The second kappa shape index (κ2) is 7.22. The van der Waals surface area contributed by atoms with E-state index >= 15 is 0 Å². The highest BCUT2D eigenvalue weighted by atomic mass is 35.5. The van der Waals surface area contributed by atoms with Crippen LogP contribution in [0.3, 0.4) is 0 Å². The van der Waals surface area contributed by atoms with E-state index in [1.807, 2.05) is 0 Å². The fourth-order valence-electron chi connectivity index (χ4n) is 2.66. The number of halogens is 1. The maximum atomic E-state index is 6.20. The van der Waals surface area contributed by atoms with Gasteiger partial charge in [0.2, 0.25) is 0 Å². The van der Waals surface area contributed by atoms with Crippen LogP contribution in [-0.4, -0.2) is 18.6 Å². The van der Waals surface area contributed by atoms with Crippen molar-refractivity contribution in [2.24, 2.45) is 0 Å². The summed E-state index contributed by atoms with van der Waals surface area (Å²) in [5, 5.41) is 0. The molecule has 0 amide bonds. The van der Waals surface area contributed by atoms with Gasteiger partial charge in [0.25, 0.3) is 0 Å². The van der Waals surface area contributed by atoms with Gasteiger partial charge in [-0.25, -0.2) is 0 Å². The summed E-state index contributed by atoms with van der Waals surface area (Å²) >= 11 is 5.89. The van der Waals surface area contributed by atoms with Crippen LogP contribution >= 0.6 is 11.6 Å². The van der Waals surface area contributed by atoms with Crippen LogP contribution in [0.15, 0.2) is 18.2 Å². The van der Waals surface area contributed by atoms with E-state index in [1.165, 1.54) is 24.8 Å². The van der Waals surface area contributed by atoms with E-state index in [-0.39, 0.29) is 5.60 Å². The van der Waals surface area contributed by atoms with Gasteiger partial charge in [-0.05, 0) is 49.6 Å². The molecule has 116 valence electrons. The Morgan fingerprint density at radius 1 is 1.29 bits per heavy atom. The van der Waals surface area contributed by atoms with E-state index in [1.54, 1.807) is 7.11 Å². The van der Waals surface area contributed by atoms with Crippen molar-refractivity contribution >= 4 is 17.7 Å². The first kappa shape index (κ1) is 16.2. The van der Waals surface area contributed by atoms with Crippen LogP contribution in [0.4, 0.5) is 0 Å². The maximum Gasteiger partial charge on any atom is 0.131 e. The Balaban J connectivity index is 2.26. The Morgan fingerprint density at radius 2 is 2.10 bits per heavy atom. The van der Waals surface area contributed by atoms with Gasteiger partial charge in [-0.3, -0.25) is 0 Å². The van der Waals surface area contributed by atoms with Gasteiger partial charge in [0, 0.05) is 12.3 Å². The zero-order valence-electron chi connectivity index (χ0n) is 13.2. The summed E-state index contributed by atoms with van der Waals surface area (Å²) in [6.07, 6.45) is 9.73. The molecule has 1 unspecified atom stereocenters. The topological polar surface area (TPSA) is 18.5 Å². The number of hydrogen-bond acceptors (Lipinski definition) is 2. The summed E-state index contributed by atoms with van der Waals surface area (Å²) in [6, 6.07) is 4.29. The summed E-state index contributed by atoms with van der Waals surface area (Å²) in [5.74, 6) is 2.39. The van der Waals surface area contributed by atoms with Gasteiger partial charge in [0.05, 0.1) is 12.7 Å². The van der Waals surface area contributed by atoms with Crippen molar-refractivity contribution in [1.82, 2.24) is 0 Å². The number of aryl methyl sites for hydroxylation is 1. The van der Waals surface area contributed by atoms with Crippen LogP contribution in [0.2, 0.25) is 0 Å². The normalized spacial score (nSPS) is 20.0. The highest BCUT2D eigenvalue weighted by Crippen LogP contribution is 2.39. The van der Waals surface area contributed by atoms with Crippen molar-refractivity contribution in [3.63, 3.8) is 0 Å². The number of unbranched alkanes of at least 4 members (excludes halogenated alkanes) is 2. The third-order valence-electron chi connectivity index (χ3n) is 3.99. The largest absolute Gasteiger partial charge is 0.496 e. The number of alkyl halides is 1. The second-order valence-electron chi connectivity index (χ2n) is 5.85. The standard InChI is InChI=1S/C18H25ClO2/c1-4-5-6-7-14-12-16(20-3)15-8-9-18(2,10-11-19)21-17(15)13-14/h8-9,12-13H,4-7,10-11H2,1-3H3. The van der Waals surface area contributed by atoms with Crippen molar-refractivity contribution < 1.29 is 9.47 Å². The second-order valence-corrected chi connectivity index (χ2v) is 6.23. The molecular formula is C18H25ClO2. The summed E-state index contributed by atoms with van der Waals surface area (Å²) in [7, 11) is 1.71. The smallest absolute Gasteiger partial charge is 0.131 e. The minimum Gasteiger partial charge on any atom is -0.496 e. The number of hydrogen-bond donors (Lipinski definition) is 0. The van der Waals surface area contributed by atoms with E-state index in [0.29, 0.717) is 5.88 Å². The first-order chi connectivity index (χ1) is 10.1. The third-order valence-corrected chi connectivity index (χ3v) is 4.18. The van der Waals surface area contributed by atoms with Gasteiger partial charge < -0.3 is 9.47 Å². The highest BCUT2D eigenvalue weighted by Gasteiger charge is 2.28. The maximum absolute atomic E-state index is 6.20. The molecule has 0 aliphatic carbocycles. The molecule has 1 aliphatic rings. The van der Waals surface area contributed by atoms with Gasteiger partial charge in [-0.1, -0.05) is 19.8 Å². The summed E-state index contributed by atoms with van der Waals surface area (Å²) in [5.41, 5.74) is 1.99. The SMILES string of the molecule is CCCCCc1cc(OC)c2c(c1)OC(C)(CCCl)C=C2. The molecule has 0 bridgehead atoms. The first-order valence-electron chi connectivity index (χ1n) is 7.77. The average molecular weight is 309 g/mol. The molecule has 21 heavy (non-hydrogen) atoms. The molecular weight excluding hydrogens is 284 g/mol. The quantitative estimate of drug-likeness (QED) is 0.508. The van der Waals surface area contributed by atoms with Crippen molar-refractivity contribution in [3.05, 3.63) is 29.3 Å². The highest BCUT2D eigenvalue weighted by molar-refractivity contribution is 6.17. The summed E-state index contributed by atoms with van der Waals surface area (Å²) in [4.78, 5) is 0. The van der Waals surface area contributed by atoms with Gasteiger partial charge in [0.15, 0.2) is 0 Å². The van der Waals surface area contributed by atoms with Crippen LogP contribution in [-0.2, 0) is 6.42 Å². The van der Waals surface area contributed by atoms with Gasteiger partial charge in [-0.15, -0.1) is 11.6 Å². The van der Waals surface area contributed by atoms with Crippen molar-refractivity contribution in [3.8, 4) is 11.5 Å². The van der Waals surface area contributed by atoms with Crippen molar-refractivity contribution in [1.29, 1.82) is 0 Å². The zero-order chi connectivity index (χ0) is 15.3. The fraction of sp³-hybridized carbons (Fsp3) is 0.556. The molecule has 0 radical (unpaired) electrons. The van der Waals surface area contributed by atoms with Gasteiger partial charge in [-0.2, -0.15) is 0 Å². The minimum absolute atomic E-state index is 0.318. The lowest BCUT2D eigenvalue weighted by atomic mass is 9.95. The first-order valence-corrected chi connectivity index (χ1v) is 8.30. The lowest BCUT2D eigenvalue weighted by molar-refractivity contribution is 0.133. The van der Waals surface area contributed by atoms with Crippen LogP contribution in [0.25, 0.3) is 6.08 Å². The molecule has 1 aromatic rings. The predicted octanol–water partition coefficient (Wildman–Crippen LogP) is 5.22. The van der Waals surface area contributed by atoms with E-state index in [0.717, 1.165) is 29.9 Å². The zero-order valence-corrected chi connectivity index (χ0v) is 14.0. The lowest BCUT2D eigenvalue weighted by Crippen LogP contribution is -2.32. The molecule has 1 heterocycles. The van der Waals surface area contributed by atoms with Crippen LogP contribution < -0.4 is 9.47 Å². The van der Waals surface area contributed by atoms with Crippen LogP contribution in [0.1, 0.15) is 50.7 Å². The van der Waals surface area contributed by atoms with Crippen LogP contribution in [0.5, 0.6) is 11.5 Å². The molecule has 1 aliphatic heterocycles. The van der Waals surface area contributed by atoms with Gasteiger partial charge >= 0.3 is 0 Å². The number of benzene rings is 1. The van der Waals surface area contributed by atoms with E-state index < -0.39 is 0 Å². The Labute approximate surface area is 133 Å². The molecule has 1 atom stereocenters. The molecule has 0 aromatic heterocycles. The Bertz CT molecular complexity index is 510. The molecule has 0 spiro atoms.